The van der Waals surface area contributed by atoms with Crippen LogP contribution in [-0.4, -0.2) is 30.6 Å². The van der Waals surface area contributed by atoms with Gasteiger partial charge in [0.2, 0.25) is 5.91 Å². The largest absolute Gasteiger partial charge is 0.326 e. The number of aromatic amines is 1. The zero-order valence-corrected chi connectivity index (χ0v) is 14.4. The Morgan fingerprint density at radius 2 is 2.04 bits per heavy atom. The molecule has 2 N–H and O–H groups in total. The molecule has 0 bridgehead atoms. The van der Waals surface area contributed by atoms with Gasteiger partial charge in [-0.05, 0) is 35.7 Å². The molecule has 0 radical (unpaired) electrons. The molecule has 3 heterocycles. The molecule has 8 nitrogen and oxygen atoms in total. The number of thiophene rings is 1. The number of anilines is 1. The Hall–Kier alpha value is -3.33. The van der Waals surface area contributed by atoms with Gasteiger partial charge in [0.25, 0.3) is 5.56 Å². The fourth-order valence-electron chi connectivity index (χ4n) is 2.55. The standard InChI is InChI=1S/C17H14N6O2S/c24-14(5-7-23-10-19-16-13(17(23)25)6-8-26-16)21-12-3-1-11(2-4-12)15-18-9-20-22-15/h1-4,6,8-10H,5,7H2,(H,21,24)(H,18,20,22). The maximum Gasteiger partial charge on any atom is 0.262 e. The number of nitrogens with one attached hydrogen (secondary N) is 2. The van der Waals surface area contributed by atoms with Crippen LogP contribution in [0.4, 0.5) is 5.69 Å². The number of hydrogen-bond acceptors (Lipinski definition) is 6. The van der Waals surface area contributed by atoms with E-state index in [4.69, 9.17) is 0 Å². The van der Waals surface area contributed by atoms with Gasteiger partial charge in [-0.25, -0.2) is 9.97 Å². The molecule has 0 spiro atoms. The molecule has 4 aromatic rings. The van der Waals surface area contributed by atoms with Crippen molar-refractivity contribution in [2.75, 3.05) is 5.32 Å². The number of amides is 1. The van der Waals surface area contributed by atoms with Crippen molar-refractivity contribution in [3.63, 3.8) is 0 Å². The van der Waals surface area contributed by atoms with Crippen molar-refractivity contribution in [2.45, 2.75) is 13.0 Å². The summed E-state index contributed by atoms with van der Waals surface area (Å²) in [6.45, 7) is 0.277. The number of aryl methyl sites for hydroxylation is 1. The lowest BCUT2D eigenvalue weighted by molar-refractivity contribution is -0.116. The van der Waals surface area contributed by atoms with Gasteiger partial charge in [0.15, 0.2) is 5.82 Å². The van der Waals surface area contributed by atoms with Crippen molar-refractivity contribution in [1.29, 1.82) is 0 Å². The van der Waals surface area contributed by atoms with Crippen molar-refractivity contribution < 1.29 is 4.79 Å². The number of hydrogen-bond donors (Lipinski definition) is 2. The van der Waals surface area contributed by atoms with E-state index in [1.807, 2.05) is 17.5 Å². The first-order valence-corrected chi connectivity index (χ1v) is 8.77. The third-order valence-electron chi connectivity index (χ3n) is 3.89. The Kier molecular flexibility index (Phi) is 4.28. The summed E-state index contributed by atoms with van der Waals surface area (Å²) in [7, 11) is 0. The van der Waals surface area contributed by atoms with Gasteiger partial charge in [-0.1, -0.05) is 0 Å². The van der Waals surface area contributed by atoms with Crippen LogP contribution in [0.5, 0.6) is 0 Å². The second-order valence-corrected chi connectivity index (χ2v) is 6.49. The van der Waals surface area contributed by atoms with Crippen molar-refractivity contribution in [2.24, 2.45) is 0 Å². The first-order chi connectivity index (χ1) is 12.7. The van der Waals surface area contributed by atoms with Crippen LogP contribution in [0.1, 0.15) is 6.42 Å². The Balaban J connectivity index is 1.39. The molecule has 0 fully saturated rings. The van der Waals surface area contributed by atoms with E-state index in [1.54, 1.807) is 18.2 Å². The van der Waals surface area contributed by atoms with Crippen LogP contribution in [-0.2, 0) is 11.3 Å². The zero-order chi connectivity index (χ0) is 17.9. The number of carbonyl (C=O) groups excluding carboxylic acids is 1. The highest BCUT2D eigenvalue weighted by Gasteiger charge is 2.08. The minimum atomic E-state index is -0.172. The van der Waals surface area contributed by atoms with E-state index in [0.717, 1.165) is 5.56 Å². The van der Waals surface area contributed by atoms with E-state index in [2.05, 4.69) is 25.5 Å². The lowest BCUT2D eigenvalue weighted by Crippen LogP contribution is -2.23. The van der Waals surface area contributed by atoms with Crippen molar-refractivity contribution >= 4 is 33.1 Å². The quantitative estimate of drug-likeness (QED) is 0.564. The zero-order valence-electron chi connectivity index (χ0n) is 13.5. The number of aromatic nitrogens is 5. The molecule has 3 aromatic heterocycles. The lowest BCUT2D eigenvalue weighted by atomic mass is 10.2. The summed E-state index contributed by atoms with van der Waals surface area (Å²) in [6.07, 6.45) is 3.11. The number of rotatable bonds is 5. The van der Waals surface area contributed by atoms with Crippen LogP contribution >= 0.6 is 11.3 Å². The van der Waals surface area contributed by atoms with Gasteiger partial charge >= 0.3 is 0 Å². The monoisotopic (exact) mass is 366 g/mol. The summed E-state index contributed by atoms with van der Waals surface area (Å²) in [4.78, 5) is 33.5. The molecule has 130 valence electrons. The molecular weight excluding hydrogens is 352 g/mol. The predicted molar refractivity (Wildman–Crippen MR) is 98.9 cm³/mol. The van der Waals surface area contributed by atoms with E-state index in [9.17, 15) is 9.59 Å². The number of H-pyrrole nitrogens is 1. The molecule has 26 heavy (non-hydrogen) atoms. The molecular formula is C17H14N6O2S. The fourth-order valence-corrected chi connectivity index (χ4v) is 3.28. The molecule has 0 saturated carbocycles. The van der Waals surface area contributed by atoms with Crippen LogP contribution in [0.2, 0.25) is 0 Å². The minimum absolute atomic E-state index is 0.125. The number of fused-ring (bicyclic) bond motifs is 1. The van der Waals surface area contributed by atoms with Crippen molar-refractivity contribution in [1.82, 2.24) is 24.7 Å². The Morgan fingerprint density at radius 1 is 1.19 bits per heavy atom. The highest BCUT2D eigenvalue weighted by Crippen LogP contribution is 2.17. The van der Waals surface area contributed by atoms with Crippen LogP contribution in [0.3, 0.4) is 0 Å². The summed E-state index contributed by atoms with van der Waals surface area (Å²) < 4.78 is 1.46. The molecule has 0 atom stereocenters. The third kappa shape index (κ3) is 3.24. The summed E-state index contributed by atoms with van der Waals surface area (Å²) in [5.41, 5.74) is 1.43. The van der Waals surface area contributed by atoms with Gasteiger partial charge in [0.1, 0.15) is 11.2 Å². The summed E-state index contributed by atoms with van der Waals surface area (Å²) in [5, 5.41) is 11.8. The van der Waals surface area contributed by atoms with E-state index in [1.165, 1.54) is 28.6 Å². The first-order valence-electron chi connectivity index (χ1n) is 7.89. The average Bonchev–Trinajstić information content (AvgIpc) is 3.34. The Labute approximate surface area is 151 Å². The van der Waals surface area contributed by atoms with Crippen LogP contribution in [0.15, 0.2) is 53.2 Å². The van der Waals surface area contributed by atoms with Gasteiger partial charge in [-0.2, -0.15) is 5.10 Å². The Bertz CT molecular complexity index is 1100. The van der Waals surface area contributed by atoms with Crippen LogP contribution < -0.4 is 10.9 Å². The molecule has 0 saturated heterocycles. The van der Waals surface area contributed by atoms with E-state index in [0.29, 0.717) is 21.7 Å². The highest BCUT2D eigenvalue weighted by atomic mass is 32.1. The van der Waals surface area contributed by atoms with Gasteiger partial charge in [0, 0.05) is 24.2 Å². The normalized spacial score (nSPS) is 10.9. The topological polar surface area (TPSA) is 106 Å². The van der Waals surface area contributed by atoms with Crippen LogP contribution in [0, 0.1) is 0 Å². The summed E-state index contributed by atoms with van der Waals surface area (Å²) >= 11 is 1.42. The average molecular weight is 366 g/mol. The number of nitrogens with zero attached hydrogens (tertiary/aromatic N) is 4. The first kappa shape index (κ1) is 16.2. The molecule has 0 aliphatic carbocycles. The number of carbonyl (C=O) groups is 1. The molecule has 1 aromatic carbocycles. The summed E-state index contributed by atoms with van der Waals surface area (Å²) in [5.74, 6) is 0.494. The van der Waals surface area contributed by atoms with Gasteiger partial charge < -0.3 is 5.32 Å². The second-order valence-electron chi connectivity index (χ2n) is 5.59. The smallest absolute Gasteiger partial charge is 0.262 e. The van der Waals surface area contributed by atoms with Gasteiger partial charge in [0.05, 0.1) is 11.7 Å². The highest BCUT2D eigenvalue weighted by molar-refractivity contribution is 7.16. The SMILES string of the molecule is O=C(CCn1cnc2sccc2c1=O)Nc1ccc(-c2ncn[nH]2)cc1. The maximum absolute atomic E-state index is 12.3. The van der Waals surface area contributed by atoms with E-state index >= 15 is 0 Å². The summed E-state index contributed by atoms with van der Waals surface area (Å²) in [6, 6.07) is 9.02. The third-order valence-corrected chi connectivity index (χ3v) is 4.71. The van der Waals surface area contributed by atoms with Gasteiger partial charge in [-0.15, -0.1) is 11.3 Å². The van der Waals surface area contributed by atoms with Crippen molar-refractivity contribution in [3.8, 4) is 11.4 Å². The molecule has 9 heteroatoms. The maximum atomic E-state index is 12.3. The molecule has 0 aliphatic rings. The molecule has 1 amide bonds. The molecule has 4 rings (SSSR count). The number of benzene rings is 1. The second kappa shape index (κ2) is 6.89. The predicted octanol–water partition coefficient (Wildman–Crippen LogP) is 2.27. The van der Waals surface area contributed by atoms with Gasteiger partial charge in [-0.3, -0.25) is 19.3 Å². The minimum Gasteiger partial charge on any atom is -0.326 e. The van der Waals surface area contributed by atoms with Crippen LogP contribution in [0.25, 0.3) is 21.6 Å². The Morgan fingerprint density at radius 3 is 2.81 bits per heavy atom. The van der Waals surface area contributed by atoms with E-state index in [-0.39, 0.29) is 24.4 Å². The molecule has 0 aliphatic heterocycles. The molecule has 0 unspecified atom stereocenters. The lowest BCUT2D eigenvalue weighted by Gasteiger charge is -2.07. The fraction of sp³-hybridized carbons (Fsp3) is 0.118. The van der Waals surface area contributed by atoms with E-state index < -0.39 is 0 Å². The van der Waals surface area contributed by atoms with Crippen molar-refractivity contribution in [3.05, 3.63) is 58.7 Å².